The lowest BCUT2D eigenvalue weighted by atomic mass is 9.99. The molecule has 0 radical (unpaired) electrons. The van der Waals surface area contributed by atoms with Gasteiger partial charge < -0.3 is 4.74 Å². The maximum Gasteiger partial charge on any atom is 0.162 e. The van der Waals surface area contributed by atoms with Crippen molar-refractivity contribution in [1.82, 2.24) is 0 Å². The average molecular weight is 138 g/mol. The second-order valence-corrected chi connectivity index (χ2v) is 2.89. The van der Waals surface area contributed by atoms with Crippen LogP contribution in [0.1, 0.15) is 19.3 Å². The Bertz CT molecular complexity index is 193. The van der Waals surface area contributed by atoms with Crippen LogP contribution in [0, 0.1) is 5.92 Å². The Morgan fingerprint density at radius 3 is 3.20 bits per heavy atom. The van der Waals surface area contributed by atoms with E-state index in [0.717, 1.165) is 31.4 Å². The standard InChI is InChI=1S/C8H10O2/c9-8-2-1-6-3-4-10-5-7(6)8/h5-6H,1-4H2. The zero-order valence-corrected chi connectivity index (χ0v) is 5.80. The molecular formula is C8H10O2. The van der Waals surface area contributed by atoms with Crippen molar-refractivity contribution in [2.24, 2.45) is 5.92 Å². The lowest BCUT2D eigenvalue weighted by molar-refractivity contribution is -0.114. The molecule has 0 saturated heterocycles. The normalized spacial score (nSPS) is 31.0. The van der Waals surface area contributed by atoms with Gasteiger partial charge in [-0.05, 0) is 18.8 Å². The minimum Gasteiger partial charge on any atom is -0.501 e. The van der Waals surface area contributed by atoms with Gasteiger partial charge in [-0.15, -0.1) is 0 Å². The summed E-state index contributed by atoms with van der Waals surface area (Å²) in [7, 11) is 0. The molecular weight excluding hydrogens is 128 g/mol. The molecule has 2 rings (SSSR count). The molecule has 1 fully saturated rings. The van der Waals surface area contributed by atoms with E-state index in [1.807, 2.05) is 0 Å². The molecule has 0 spiro atoms. The largest absolute Gasteiger partial charge is 0.501 e. The van der Waals surface area contributed by atoms with Crippen molar-refractivity contribution in [3.8, 4) is 0 Å². The first kappa shape index (κ1) is 5.96. The van der Waals surface area contributed by atoms with E-state index in [-0.39, 0.29) is 0 Å². The van der Waals surface area contributed by atoms with E-state index < -0.39 is 0 Å². The molecule has 1 saturated carbocycles. The van der Waals surface area contributed by atoms with Crippen molar-refractivity contribution in [1.29, 1.82) is 0 Å². The molecule has 1 aliphatic heterocycles. The molecule has 0 aromatic carbocycles. The Labute approximate surface area is 59.9 Å². The Hall–Kier alpha value is -0.790. The fourth-order valence-electron chi connectivity index (χ4n) is 1.65. The summed E-state index contributed by atoms with van der Waals surface area (Å²) < 4.78 is 5.07. The van der Waals surface area contributed by atoms with Crippen LogP contribution < -0.4 is 0 Å². The third-order valence-corrected chi connectivity index (χ3v) is 2.28. The van der Waals surface area contributed by atoms with Crippen LogP contribution in [0.4, 0.5) is 0 Å². The van der Waals surface area contributed by atoms with Gasteiger partial charge in [-0.2, -0.15) is 0 Å². The van der Waals surface area contributed by atoms with Crippen molar-refractivity contribution >= 4 is 5.78 Å². The number of hydrogen-bond acceptors (Lipinski definition) is 2. The topological polar surface area (TPSA) is 26.3 Å². The number of rotatable bonds is 0. The summed E-state index contributed by atoms with van der Waals surface area (Å²) in [6, 6.07) is 0. The molecule has 2 heteroatoms. The molecule has 1 atom stereocenters. The maximum absolute atomic E-state index is 11.1. The van der Waals surface area contributed by atoms with Gasteiger partial charge in [0.25, 0.3) is 0 Å². The highest BCUT2D eigenvalue weighted by molar-refractivity contribution is 5.97. The Balaban J connectivity index is 2.27. The SMILES string of the molecule is O=C1CCC2CCOC=C12. The predicted molar refractivity (Wildman–Crippen MR) is 36.4 cm³/mol. The van der Waals surface area contributed by atoms with E-state index in [9.17, 15) is 4.79 Å². The van der Waals surface area contributed by atoms with Gasteiger partial charge in [0.05, 0.1) is 12.9 Å². The van der Waals surface area contributed by atoms with Crippen LogP contribution in [-0.4, -0.2) is 12.4 Å². The highest BCUT2D eigenvalue weighted by Gasteiger charge is 2.30. The van der Waals surface area contributed by atoms with Crippen LogP contribution >= 0.6 is 0 Å². The van der Waals surface area contributed by atoms with Crippen LogP contribution in [0.25, 0.3) is 0 Å². The van der Waals surface area contributed by atoms with Crippen LogP contribution in [0.15, 0.2) is 11.8 Å². The monoisotopic (exact) mass is 138 g/mol. The van der Waals surface area contributed by atoms with E-state index in [1.165, 1.54) is 0 Å². The number of Topliss-reactive ketones (excluding diaryl/α,β-unsaturated/α-hetero) is 1. The van der Waals surface area contributed by atoms with E-state index >= 15 is 0 Å². The van der Waals surface area contributed by atoms with Crippen molar-refractivity contribution < 1.29 is 9.53 Å². The summed E-state index contributed by atoms with van der Waals surface area (Å²) >= 11 is 0. The fraction of sp³-hybridized carbons (Fsp3) is 0.625. The molecule has 10 heavy (non-hydrogen) atoms. The van der Waals surface area contributed by atoms with Crippen molar-refractivity contribution in [2.45, 2.75) is 19.3 Å². The fourth-order valence-corrected chi connectivity index (χ4v) is 1.65. The highest BCUT2D eigenvalue weighted by Crippen LogP contribution is 2.32. The molecule has 0 bridgehead atoms. The number of allylic oxidation sites excluding steroid dienone is 1. The van der Waals surface area contributed by atoms with Crippen molar-refractivity contribution in [2.75, 3.05) is 6.61 Å². The summed E-state index contributed by atoms with van der Waals surface area (Å²) in [5, 5.41) is 0. The maximum atomic E-state index is 11.1. The van der Waals surface area contributed by atoms with E-state index in [0.29, 0.717) is 11.7 Å². The molecule has 0 amide bonds. The first-order valence-corrected chi connectivity index (χ1v) is 3.73. The lowest BCUT2D eigenvalue weighted by Crippen LogP contribution is -2.10. The van der Waals surface area contributed by atoms with Crippen LogP contribution in [0.2, 0.25) is 0 Å². The van der Waals surface area contributed by atoms with Gasteiger partial charge in [0.15, 0.2) is 5.78 Å². The second-order valence-electron chi connectivity index (χ2n) is 2.89. The van der Waals surface area contributed by atoms with Gasteiger partial charge >= 0.3 is 0 Å². The third-order valence-electron chi connectivity index (χ3n) is 2.28. The molecule has 2 nitrogen and oxygen atoms in total. The Kier molecular flexibility index (Phi) is 1.26. The van der Waals surface area contributed by atoms with Gasteiger partial charge in [0, 0.05) is 12.0 Å². The molecule has 0 aromatic rings. The summed E-state index contributed by atoms with van der Waals surface area (Å²) in [5.74, 6) is 0.825. The predicted octanol–water partition coefficient (Wildman–Crippen LogP) is 1.27. The molecule has 0 aromatic heterocycles. The number of ketones is 1. The summed E-state index contributed by atoms with van der Waals surface area (Å²) in [6.07, 6.45) is 4.48. The molecule has 2 aliphatic rings. The van der Waals surface area contributed by atoms with Crippen LogP contribution in [0.5, 0.6) is 0 Å². The molecule has 1 heterocycles. The average Bonchev–Trinajstić information content (AvgIpc) is 2.34. The smallest absolute Gasteiger partial charge is 0.162 e. The molecule has 0 N–H and O–H groups in total. The number of hydrogen-bond donors (Lipinski definition) is 0. The van der Waals surface area contributed by atoms with Gasteiger partial charge in [0.1, 0.15) is 0 Å². The van der Waals surface area contributed by atoms with Gasteiger partial charge in [-0.1, -0.05) is 0 Å². The first-order chi connectivity index (χ1) is 4.88. The number of carbonyl (C=O) groups excluding carboxylic acids is 1. The molecule has 54 valence electrons. The lowest BCUT2D eigenvalue weighted by Gasteiger charge is -2.15. The molecule has 1 aliphatic carbocycles. The van der Waals surface area contributed by atoms with E-state index in [1.54, 1.807) is 6.26 Å². The van der Waals surface area contributed by atoms with Gasteiger partial charge in [-0.25, -0.2) is 0 Å². The summed E-state index contributed by atoms with van der Waals surface area (Å²) in [4.78, 5) is 11.1. The number of fused-ring (bicyclic) bond motifs is 1. The highest BCUT2D eigenvalue weighted by atomic mass is 16.5. The van der Waals surface area contributed by atoms with E-state index in [4.69, 9.17) is 4.74 Å². The third kappa shape index (κ3) is 0.753. The summed E-state index contributed by atoms with van der Waals surface area (Å²) in [5.41, 5.74) is 0.936. The zero-order chi connectivity index (χ0) is 6.97. The van der Waals surface area contributed by atoms with Crippen LogP contribution in [0.3, 0.4) is 0 Å². The van der Waals surface area contributed by atoms with Crippen molar-refractivity contribution in [3.63, 3.8) is 0 Å². The summed E-state index contributed by atoms with van der Waals surface area (Å²) in [6.45, 7) is 0.793. The first-order valence-electron chi connectivity index (χ1n) is 3.73. The second kappa shape index (κ2) is 2.11. The molecule has 1 unspecified atom stereocenters. The quantitative estimate of drug-likeness (QED) is 0.504. The minimum atomic E-state index is 0.296. The number of carbonyl (C=O) groups is 1. The minimum absolute atomic E-state index is 0.296. The van der Waals surface area contributed by atoms with Gasteiger partial charge in [-0.3, -0.25) is 4.79 Å². The zero-order valence-electron chi connectivity index (χ0n) is 5.80. The Morgan fingerprint density at radius 2 is 2.40 bits per heavy atom. The Morgan fingerprint density at radius 1 is 1.50 bits per heavy atom. The van der Waals surface area contributed by atoms with E-state index in [2.05, 4.69) is 0 Å². The van der Waals surface area contributed by atoms with Gasteiger partial charge in [0.2, 0.25) is 0 Å². The number of ether oxygens (including phenoxy) is 1. The van der Waals surface area contributed by atoms with Crippen LogP contribution in [-0.2, 0) is 9.53 Å². The van der Waals surface area contributed by atoms with Crippen molar-refractivity contribution in [3.05, 3.63) is 11.8 Å².